The van der Waals surface area contributed by atoms with E-state index in [-0.39, 0.29) is 5.54 Å². The highest BCUT2D eigenvalue weighted by molar-refractivity contribution is 5.88. The Morgan fingerprint density at radius 1 is 1.44 bits per heavy atom. The number of nitrogens with one attached hydrogen (secondary N) is 1. The normalized spacial score (nSPS) is 14.9. The Labute approximate surface area is 108 Å². The van der Waals surface area contributed by atoms with E-state index in [0.717, 1.165) is 23.2 Å². The second-order valence-corrected chi connectivity index (χ2v) is 5.48. The molecule has 0 amide bonds. The molecule has 0 saturated carbocycles. The molecule has 1 unspecified atom stereocenters. The van der Waals surface area contributed by atoms with Crippen molar-refractivity contribution in [3.63, 3.8) is 0 Å². The van der Waals surface area contributed by atoms with Gasteiger partial charge in [0, 0.05) is 18.3 Å². The highest BCUT2D eigenvalue weighted by Gasteiger charge is 2.24. The number of aromatic nitrogens is 1. The van der Waals surface area contributed by atoms with Crippen LogP contribution >= 0.6 is 0 Å². The Kier molecular flexibility index (Phi) is 3.57. The number of pyridine rings is 1. The lowest BCUT2D eigenvalue weighted by Crippen LogP contribution is -2.43. The molecule has 0 bridgehead atoms. The molecule has 0 aliphatic rings. The highest BCUT2D eigenvalue weighted by atomic mass is 16.3. The van der Waals surface area contributed by atoms with Crippen molar-refractivity contribution in [2.75, 3.05) is 11.9 Å². The fourth-order valence-electron chi connectivity index (χ4n) is 2.37. The van der Waals surface area contributed by atoms with Crippen molar-refractivity contribution in [2.45, 2.75) is 32.7 Å². The maximum absolute atomic E-state index is 5.91. The third kappa shape index (κ3) is 2.64. The van der Waals surface area contributed by atoms with Gasteiger partial charge in [-0.3, -0.25) is 0 Å². The molecule has 2 heterocycles. The number of nitrogens with two attached hydrogens (primary N) is 1. The van der Waals surface area contributed by atoms with E-state index in [9.17, 15) is 0 Å². The van der Waals surface area contributed by atoms with Gasteiger partial charge in [0.1, 0.15) is 11.4 Å². The molecular formula is C14H21N3O. The average molecular weight is 247 g/mol. The topological polar surface area (TPSA) is 64.1 Å². The van der Waals surface area contributed by atoms with Crippen molar-refractivity contribution < 1.29 is 4.42 Å². The van der Waals surface area contributed by atoms with Crippen molar-refractivity contribution in [1.29, 1.82) is 0 Å². The summed E-state index contributed by atoms with van der Waals surface area (Å²) < 4.78 is 5.38. The van der Waals surface area contributed by atoms with Gasteiger partial charge in [-0.05, 0) is 31.4 Å². The molecule has 2 rings (SSSR count). The summed E-state index contributed by atoms with van der Waals surface area (Å²) in [6.45, 7) is 7.09. The van der Waals surface area contributed by atoms with E-state index in [1.807, 2.05) is 12.1 Å². The highest BCUT2D eigenvalue weighted by Crippen LogP contribution is 2.26. The van der Waals surface area contributed by atoms with Crippen molar-refractivity contribution in [3.05, 3.63) is 24.6 Å². The van der Waals surface area contributed by atoms with Gasteiger partial charge in [-0.2, -0.15) is 0 Å². The molecule has 98 valence electrons. The van der Waals surface area contributed by atoms with Crippen LogP contribution in [-0.4, -0.2) is 17.1 Å². The van der Waals surface area contributed by atoms with E-state index in [1.165, 1.54) is 0 Å². The first kappa shape index (κ1) is 12.9. The Balaban J connectivity index is 2.29. The SMILES string of the molecule is CC(C)CC(C)(CN)Nc1nccc2occc12. The molecule has 0 aliphatic heterocycles. The number of hydrogen-bond donors (Lipinski definition) is 2. The predicted octanol–water partition coefficient (Wildman–Crippen LogP) is 3.00. The lowest BCUT2D eigenvalue weighted by molar-refractivity contribution is 0.406. The molecule has 4 nitrogen and oxygen atoms in total. The van der Waals surface area contributed by atoms with E-state index < -0.39 is 0 Å². The smallest absolute Gasteiger partial charge is 0.139 e. The van der Waals surface area contributed by atoms with Gasteiger partial charge >= 0.3 is 0 Å². The molecular weight excluding hydrogens is 226 g/mol. The summed E-state index contributed by atoms with van der Waals surface area (Å²) in [5.41, 5.74) is 6.61. The zero-order chi connectivity index (χ0) is 13.2. The molecule has 2 aromatic rings. The second kappa shape index (κ2) is 4.98. The van der Waals surface area contributed by atoms with Gasteiger partial charge in [-0.1, -0.05) is 13.8 Å². The minimum absolute atomic E-state index is 0.146. The van der Waals surface area contributed by atoms with Crippen LogP contribution in [0.1, 0.15) is 27.2 Å². The van der Waals surface area contributed by atoms with E-state index in [0.29, 0.717) is 12.5 Å². The van der Waals surface area contributed by atoms with Crippen LogP contribution in [0.25, 0.3) is 11.0 Å². The molecule has 0 aromatic carbocycles. The van der Waals surface area contributed by atoms with E-state index in [4.69, 9.17) is 10.2 Å². The molecule has 0 fully saturated rings. The van der Waals surface area contributed by atoms with Gasteiger partial charge in [0.05, 0.1) is 11.6 Å². The molecule has 3 N–H and O–H groups in total. The third-order valence-corrected chi connectivity index (χ3v) is 3.11. The molecule has 0 aliphatic carbocycles. The molecule has 0 spiro atoms. The van der Waals surface area contributed by atoms with Gasteiger partial charge in [0.2, 0.25) is 0 Å². The Hall–Kier alpha value is -1.55. The maximum atomic E-state index is 5.91. The number of anilines is 1. The molecule has 2 aromatic heterocycles. The summed E-state index contributed by atoms with van der Waals surface area (Å²) in [7, 11) is 0. The first-order valence-electron chi connectivity index (χ1n) is 6.34. The number of rotatable bonds is 5. The minimum atomic E-state index is -0.146. The minimum Gasteiger partial charge on any atom is -0.464 e. The summed E-state index contributed by atoms with van der Waals surface area (Å²) in [5, 5.41) is 4.47. The van der Waals surface area contributed by atoms with Crippen LogP contribution in [-0.2, 0) is 0 Å². The van der Waals surface area contributed by atoms with Crippen molar-refractivity contribution in [2.24, 2.45) is 11.7 Å². The largest absolute Gasteiger partial charge is 0.464 e. The van der Waals surface area contributed by atoms with Gasteiger partial charge in [-0.25, -0.2) is 4.98 Å². The monoisotopic (exact) mass is 247 g/mol. The lowest BCUT2D eigenvalue weighted by atomic mass is 9.90. The average Bonchev–Trinajstić information content (AvgIpc) is 2.77. The van der Waals surface area contributed by atoms with E-state index in [2.05, 4.69) is 31.1 Å². The standard InChI is InChI=1S/C14H21N3O/c1-10(2)8-14(3,9-15)17-13-11-5-7-18-12(11)4-6-16-13/h4-7,10H,8-9,15H2,1-3H3,(H,16,17). The van der Waals surface area contributed by atoms with Gasteiger partial charge in [0.15, 0.2) is 0 Å². The van der Waals surface area contributed by atoms with Crippen LogP contribution in [0.2, 0.25) is 0 Å². The molecule has 1 atom stereocenters. The maximum Gasteiger partial charge on any atom is 0.139 e. The Morgan fingerprint density at radius 3 is 2.89 bits per heavy atom. The lowest BCUT2D eigenvalue weighted by Gasteiger charge is -2.31. The molecule has 4 heteroatoms. The van der Waals surface area contributed by atoms with E-state index >= 15 is 0 Å². The van der Waals surface area contributed by atoms with E-state index in [1.54, 1.807) is 12.5 Å². The molecule has 18 heavy (non-hydrogen) atoms. The summed E-state index contributed by atoms with van der Waals surface area (Å²) in [6.07, 6.45) is 4.43. The Bertz CT molecular complexity index is 520. The summed E-state index contributed by atoms with van der Waals surface area (Å²) >= 11 is 0. The first-order valence-corrected chi connectivity index (χ1v) is 6.34. The summed E-state index contributed by atoms with van der Waals surface area (Å²) in [5.74, 6) is 1.42. The molecule has 0 radical (unpaired) electrons. The zero-order valence-electron chi connectivity index (χ0n) is 11.2. The quantitative estimate of drug-likeness (QED) is 0.852. The third-order valence-electron chi connectivity index (χ3n) is 3.11. The number of hydrogen-bond acceptors (Lipinski definition) is 4. The Morgan fingerprint density at radius 2 is 2.22 bits per heavy atom. The molecule has 0 saturated heterocycles. The van der Waals surface area contributed by atoms with Crippen LogP contribution in [0.4, 0.5) is 5.82 Å². The number of nitrogens with zero attached hydrogens (tertiary/aromatic N) is 1. The second-order valence-electron chi connectivity index (χ2n) is 5.48. The van der Waals surface area contributed by atoms with Crippen molar-refractivity contribution >= 4 is 16.8 Å². The van der Waals surface area contributed by atoms with Crippen molar-refractivity contribution in [1.82, 2.24) is 4.98 Å². The number of furan rings is 1. The van der Waals surface area contributed by atoms with Gasteiger partial charge < -0.3 is 15.5 Å². The van der Waals surface area contributed by atoms with Crippen molar-refractivity contribution in [3.8, 4) is 0 Å². The van der Waals surface area contributed by atoms with Crippen LogP contribution in [0.3, 0.4) is 0 Å². The number of fused-ring (bicyclic) bond motifs is 1. The first-order chi connectivity index (χ1) is 8.54. The fourth-order valence-corrected chi connectivity index (χ4v) is 2.37. The van der Waals surface area contributed by atoms with Gasteiger partial charge in [-0.15, -0.1) is 0 Å². The predicted molar refractivity (Wildman–Crippen MR) is 74.5 cm³/mol. The summed E-state index contributed by atoms with van der Waals surface area (Å²) in [6, 6.07) is 3.79. The van der Waals surface area contributed by atoms with Crippen LogP contribution in [0.15, 0.2) is 29.0 Å². The summed E-state index contributed by atoms with van der Waals surface area (Å²) in [4.78, 5) is 4.39. The van der Waals surface area contributed by atoms with Crippen LogP contribution in [0.5, 0.6) is 0 Å². The van der Waals surface area contributed by atoms with Gasteiger partial charge in [0.25, 0.3) is 0 Å². The fraction of sp³-hybridized carbons (Fsp3) is 0.500. The van der Waals surface area contributed by atoms with Crippen LogP contribution in [0, 0.1) is 5.92 Å². The van der Waals surface area contributed by atoms with Crippen LogP contribution < -0.4 is 11.1 Å². The zero-order valence-corrected chi connectivity index (χ0v) is 11.2.